The second-order valence-corrected chi connectivity index (χ2v) is 4.30. The molecule has 0 aliphatic rings. The summed E-state index contributed by atoms with van der Waals surface area (Å²) in [5.41, 5.74) is 5.49. The van der Waals surface area contributed by atoms with Crippen LogP contribution >= 0.6 is 11.6 Å². The summed E-state index contributed by atoms with van der Waals surface area (Å²) >= 11 is 5.90. The quantitative estimate of drug-likeness (QED) is 0.816. The van der Waals surface area contributed by atoms with Crippen molar-refractivity contribution < 1.29 is 4.74 Å². The molecular formula is C9H15ClN4O. The van der Waals surface area contributed by atoms with E-state index >= 15 is 0 Å². The lowest BCUT2D eigenvalue weighted by Gasteiger charge is -2.19. The predicted molar refractivity (Wildman–Crippen MR) is 60.4 cm³/mol. The number of nitrogens with one attached hydrogen (secondary N) is 1. The highest BCUT2D eigenvalue weighted by Gasteiger charge is 2.12. The van der Waals surface area contributed by atoms with Gasteiger partial charge in [-0.05, 0) is 13.8 Å². The third kappa shape index (κ3) is 3.89. The van der Waals surface area contributed by atoms with Gasteiger partial charge in [-0.1, -0.05) is 11.6 Å². The molecule has 0 saturated heterocycles. The van der Waals surface area contributed by atoms with E-state index in [0.29, 0.717) is 17.4 Å². The van der Waals surface area contributed by atoms with Crippen LogP contribution in [0.3, 0.4) is 0 Å². The first-order chi connectivity index (χ1) is 6.92. The first-order valence-electron chi connectivity index (χ1n) is 4.51. The standard InChI is InChI=1S/C9H15ClN4O/c1-9(2,11)5-13-7-6(10)4-12-8(14-7)15-3/h4H,5,11H2,1-3H3,(H,12,13,14). The maximum absolute atomic E-state index is 5.90. The lowest BCUT2D eigenvalue weighted by Crippen LogP contribution is -2.39. The summed E-state index contributed by atoms with van der Waals surface area (Å²) in [6.07, 6.45) is 1.49. The number of methoxy groups -OCH3 is 1. The number of anilines is 1. The van der Waals surface area contributed by atoms with Crippen LogP contribution in [0.4, 0.5) is 5.82 Å². The van der Waals surface area contributed by atoms with Crippen molar-refractivity contribution in [1.29, 1.82) is 0 Å². The molecule has 0 aliphatic heterocycles. The summed E-state index contributed by atoms with van der Waals surface area (Å²) in [5.74, 6) is 0.530. The number of aromatic nitrogens is 2. The Morgan fingerprint density at radius 1 is 1.60 bits per heavy atom. The molecular weight excluding hydrogens is 216 g/mol. The molecule has 1 aromatic heterocycles. The van der Waals surface area contributed by atoms with Crippen LogP contribution in [-0.2, 0) is 0 Å². The number of ether oxygens (including phenoxy) is 1. The molecule has 1 aromatic rings. The number of hydrogen-bond donors (Lipinski definition) is 2. The summed E-state index contributed by atoms with van der Waals surface area (Å²) in [7, 11) is 1.50. The van der Waals surface area contributed by atoms with Crippen LogP contribution in [0, 0.1) is 0 Å². The van der Waals surface area contributed by atoms with Gasteiger partial charge < -0.3 is 15.8 Å². The molecule has 0 unspecified atom stereocenters. The van der Waals surface area contributed by atoms with E-state index in [-0.39, 0.29) is 11.5 Å². The third-order valence-corrected chi connectivity index (χ3v) is 1.89. The Kier molecular flexibility index (Phi) is 3.71. The van der Waals surface area contributed by atoms with Gasteiger partial charge in [-0.15, -0.1) is 0 Å². The lowest BCUT2D eigenvalue weighted by molar-refractivity contribution is 0.380. The smallest absolute Gasteiger partial charge is 0.318 e. The van der Waals surface area contributed by atoms with Gasteiger partial charge in [0, 0.05) is 12.1 Å². The Hall–Kier alpha value is -1.07. The van der Waals surface area contributed by atoms with Crippen molar-refractivity contribution >= 4 is 17.4 Å². The molecule has 0 spiro atoms. The zero-order valence-electron chi connectivity index (χ0n) is 9.04. The van der Waals surface area contributed by atoms with E-state index in [1.165, 1.54) is 13.3 Å². The molecule has 15 heavy (non-hydrogen) atoms. The minimum Gasteiger partial charge on any atom is -0.467 e. The third-order valence-electron chi connectivity index (χ3n) is 1.62. The molecule has 84 valence electrons. The molecule has 5 nitrogen and oxygen atoms in total. The predicted octanol–water partition coefficient (Wildman–Crippen LogP) is 1.29. The van der Waals surface area contributed by atoms with Crippen LogP contribution in [0.2, 0.25) is 5.02 Å². The van der Waals surface area contributed by atoms with Crippen molar-refractivity contribution in [2.45, 2.75) is 19.4 Å². The number of nitrogens with zero attached hydrogens (tertiary/aromatic N) is 2. The van der Waals surface area contributed by atoms with Gasteiger partial charge in [-0.3, -0.25) is 0 Å². The van der Waals surface area contributed by atoms with Crippen LogP contribution in [0.5, 0.6) is 6.01 Å². The van der Waals surface area contributed by atoms with E-state index in [1.807, 2.05) is 13.8 Å². The van der Waals surface area contributed by atoms with E-state index in [1.54, 1.807) is 0 Å². The SMILES string of the molecule is COc1ncc(Cl)c(NCC(C)(C)N)n1. The molecule has 1 heterocycles. The monoisotopic (exact) mass is 230 g/mol. The highest BCUT2D eigenvalue weighted by atomic mass is 35.5. The van der Waals surface area contributed by atoms with Crippen molar-refractivity contribution in [3.8, 4) is 6.01 Å². The van der Waals surface area contributed by atoms with E-state index in [0.717, 1.165) is 0 Å². The fourth-order valence-electron chi connectivity index (χ4n) is 0.885. The van der Waals surface area contributed by atoms with Crippen LogP contribution in [0.15, 0.2) is 6.20 Å². The number of rotatable bonds is 4. The second-order valence-electron chi connectivity index (χ2n) is 3.90. The van der Waals surface area contributed by atoms with Gasteiger partial charge in [0.15, 0.2) is 5.82 Å². The van der Waals surface area contributed by atoms with Gasteiger partial charge in [-0.25, -0.2) is 4.98 Å². The first kappa shape index (κ1) is 12.0. The van der Waals surface area contributed by atoms with E-state index in [9.17, 15) is 0 Å². The molecule has 3 N–H and O–H groups in total. The molecule has 0 aliphatic carbocycles. The summed E-state index contributed by atoms with van der Waals surface area (Å²) in [6.45, 7) is 4.38. The molecule has 0 fully saturated rings. The van der Waals surface area contributed by atoms with Crippen molar-refractivity contribution in [1.82, 2.24) is 9.97 Å². The zero-order chi connectivity index (χ0) is 11.5. The van der Waals surface area contributed by atoms with Crippen LogP contribution < -0.4 is 15.8 Å². The van der Waals surface area contributed by atoms with Gasteiger partial charge in [0.05, 0.1) is 13.3 Å². The van der Waals surface area contributed by atoms with Crippen LogP contribution in [-0.4, -0.2) is 29.2 Å². The van der Waals surface area contributed by atoms with E-state index < -0.39 is 0 Å². The summed E-state index contributed by atoms with van der Waals surface area (Å²) in [6, 6.07) is 0.275. The van der Waals surface area contributed by atoms with E-state index in [4.69, 9.17) is 22.1 Å². The van der Waals surface area contributed by atoms with Crippen molar-refractivity contribution in [2.24, 2.45) is 5.73 Å². The fraction of sp³-hybridized carbons (Fsp3) is 0.556. The highest BCUT2D eigenvalue weighted by Crippen LogP contribution is 2.20. The van der Waals surface area contributed by atoms with Crippen molar-refractivity contribution in [3.05, 3.63) is 11.2 Å². The number of hydrogen-bond acceptors (Lipinski definition) is 5. The van der Waals surface area contributed by atoms with E-state index in [2.05, 4.69) is 15.3 Å². The van der Waals surface area contributed by atoms with Gasteiger partial charge in [0.25, 0.3) is 0 Å². The summed E-state index contributed by atoms with van der Waals surface area (Å²) in [5, 5.41) is 3.48. The maximum atomic E-state index is 5.90. The van der Waals surface area contributed by atoms with Crippen molar-refractivity contribution in [2.75, 3.05) is 19.0 Å². The molecule has 0 aromatic carbocycles. The molecule has 0 amide bonds. The molecule has 0 atom stereocenters. The molecule has 6 heteroatoms. The minimum atomic E-state index is -0.332. The molecule has 0 saturated carbocycles. The first-order valence-corrected chi connectivity index (χ1v) is 4.89. The minimum absolute atomic E-state index is 0.275. The largest absolute Gasteiger partial charge is 0.467 e. The lowest BCUT2D eigenvalue weighted by atomic mass is 10.1. The zero-order valence-corrected chi connectivity index (χ0v) is 9.80. The average molecular weight is 231 g/mol. The summed E-state index contributed by atoms with van der Waals surface area (Å²) < 4.78 is 4.89. The van der Waals surface area contributed by atoms with Crippen LogP contribution in [0.25, 0.3) is 0 Å². The molecule has 0 bridgehead atoms. The second kappa shape index (κ2) is 4.63. The summed E-state index contributed by atoms with van der Waals surface area (Å²) in [4.78, 5) is 7.93. The Bertz CT molecular complexity index is 337. The molecule has 0 radical (unpaired) electrons. The highest BCUT2D eigenvalue weighted by molar-refractivity contribution is 6.32. The number of halogens is 1. The Morgan fingerprint density at radius 3 is 2.80 bits per heavy atom. The van der Waals surface area contributed by atoms with Gasteiger partial charge >= 0.3 is 6.01 Å². The maximum Gasteiger partial charge on any atom is 0.318 e. The Labute approximate surface area is 94.0 Å². The number of nitrogens with two attached hydrogens (primary N) is 1. The van der Waals surface area contributed by atoms with Gasteiger partial charge in [0.1, 0.15) is 5.02 Å². The van der Waals surface area contributed by atoms with Crippen LogP contribution in [0.1, 0.15) is 13.8 Å². The Morgan fingerprint density at radius 2 is 2.27 bits per heavy atom. The van der Waals surface area contributed by atoms with Gasteiger partial charge in [0.2, 0.25) is 0 Å². The van der Waals surface area contributed by atoms with Crippen molar-refractivity contribution in [3.63, 3.8) is 0 Å². The topological polar surface area (TPSA) is 73.1 Å². The molecule has 1 rings (SSSR count). The fourth-order valence-corrected chi connectivity index (χ4v) is 1.04. The average Bonchev–Trinajstić information content (AvgIpc) is 2.15. The van der Waals surface area contributed by atoms with Gasteiger partial charge in [-0.2, -0.15) is 4.98 Å². The Balaban J connectivity index is 2.75. The normalized spacial score (nSPS) is 11.3.